The summed E-state index contributed by atoms with van der Waals surface area (Å²) in [6, 6.07) is 0.0183. The van der Waals surface area contributed by atoms with Gasteiger partial charge in [0, 0.05) is 6.04 Å². The van der Waals surface area contributed by atoms with Crippen LogP contribution in [0.15, 0.2) is 0 Å². The van der Waals surface area contributed by atoms with Crippen LogP contribution in [0, 0.1) is 5.41 Å². The first-order chi connectivity index (χ1) is 6.11. The molecule has 0 bridgehead atoms. The summed E-state index contributed by atoms with van der Waals surface area (Å²) in [6.07, 6.45) is 0.816. The minimum absolute atomic E-state index is 0.0183. The van der Waals surface area contributed by atoms with E-state index in [1.807, 2.05) is 34.6 Å². The molecule has 1 N–H and O–H groups in total. The van der Waals surface area contributed by atoms with Crippen molar-refractivity contribution < 1.29 is 8.42 Å². The average molecular weight is 221 g/mol. The Hall–Kier alpha value is -0.0900. The highest BCUT2D eigenvalue weighted by molar-refractivity contribution is 7.90. The van der Waals surface area contributed by atoms with Crippen molar-refractivity contribution in [2.75, 3.05) is 0 Å². The van der Waals surface area contributed by atoms with Crippen molar-refractivity contribution in [1.82, 2.24) is 4.72 Å². The van der Waals surface area contributed by atoms with E-state index in [4.69, 9.17) is 0 Å². The molecule has 0 aliphatic heterocycles. The fraction of sp³-hybridized carbons (Fsp3) is 1.00. The van der Waals surface area contributed by atoms with Crippen molar-refractivity contribution in [1.29, 1.82) is 0 Å². The lowest BCUT2D eigenvalue weighted by Crippen LogP contribution is -2.43. The molecule has 0 aliphatic carbocycles. The molecule has 0 rings (SSSR count). The molecule has 0 aromatic rings. The fourth-order valence-corrected chi connectivity index (χ4v) is 2.79. The molecule has 0 amide bonds. The molecule has 0 radical (unpaired) electrons. The molecule has 0 aromatic heterocycles. The smallest absolute Gasteiger partial charge is 0.212 e. The normalized spacial score (nSPS) is 17.9. The third kappa shape index (κ3) is 3.96. The van der Waals surface area contributed by atoms with Crippen molar-refractivity contribution in [3.8, 4) is 0 Å². The van der Waals surface area contributed by atoms with Gasteiger partial charge in [-0.2, -0.15) is 0 Å². The van der Waals surface area contributed by atoms with E-state index in [0.29, 0.717) is 0 Å². The molecule has 3 nitrogen and oxygen atoms in total. The zero-order valence-electron chi connectivity index (χ0n) is 10.1. The Bertz CT molecular complexity index is 264. The Morgan fingerprint density at radius 2 is 1.64 bits per heavy atom. The Labute approximate surface area is 88.3 Å². The molecular formula is C10H23NO2S. The van der Waals surface area contributed by atoms with E-state index in [0.717, 1.165) is 6.42 Å². The van der Waals surface area contributed by atoms with Crippen molar-refractivity contribution in [2.24, 2.45) is 5.41 Å². The molecule has 0 spiro atoms. The average Bonchev–Trinajstić information content (AvgIpc) is 2.00. The van der Waals surface area contributed by atoms with Crippen LogP contribution in [0.1, 0.15) is 48.0 Å². The third-order valence-corrected chi connectivity index (χ3v) is 5.03. The first kappa shape index (κ1) is 13.9. The van der Waals surface area contributed by atoms with Gasteiger partial charge < -0.3 is 0 Å². The summed E-state index contributed by atoms with van der Waals surface area (Å²) in [5, 5.41) is -0.371. The Morgan fingerprint density at radius 1 is 1.21 bits per heavy atom. The maximum Gasteiger partial charge on any atom is 0.214 e. The van der Waals surface area contributed by atoms with Crippen LogP contribution in [0.4, 0.5) is 0 Å². The van der Waals surface area contributed by atoms with E-state index in [1.54, 1.807) is 6.92 Å². The minimum Gasteiger partial charge on any atom is -0.212 e. The molecule has 86 valence electrons. The molecule has 0 heterocycles. The van der Waals surface area contributed by atoms with Crippen LogP contribution >= 0.6 is 0 Å². The molecule has 2 atom stereocenters. The van der Waals surface area contributed by atoms with Crippen molar-refractivity contribution >= 4 is 10.0 Å². The minimum atomic E-state index is -3.18. The zero-order chi connectivity index (χ0) is 11.6. The number of sulfonamides is 1. The van der Waals surface area contributed by atoms with Gasteiger partial charge in [0.25, 0.3) is 0 Å². The largest absolute Gasteiger partial charge is 0.214 e. The van der Waals surface area contributed by atoms with Gasteiger partial charge in [0.2, 0.25) is 10.0 Å². The number of hydrogen-bond acceptors (Lipinski definition) is 2. The second-order valence-corrected chi connectivity index (χ2v) is 7.01. The van der Waals surface area contributed by atoms with E-state index in [-0.39, 0.29) is 16.7 Å². The summed E-state index contributed by atoms with van der Waals surface area (Å²) >= 11 is 0. The lowest BCUT2D eigenvalue weighted by atomic mass is 9.93. The second-order valence-electron chi connectivity index (χ2n) is 4.98. The lowest BCUT2D eigenvalue weighted by molar-refractivity contribution is 0.387. The number of rotatable bonds is 4. The summed E-state index contributed by atoms with van der Waals surface area (Å²) in [4.78, 5) is 0. The Balaban J connectivity index is 4.64. The zero-order valence-corrected chi connectivity index (χ0v) is 10.9. The van der Waals surface area contributed by atoms with Crippen LogP contribution in [0.5, 0.6) is 0 Å². The number of hydrogen-bond donors (Lipinski definition) is 1. The standard InChI is InChI=1S/C10H23NO2S/c1-7-8(2)11-14(12,13)9(3)10(4,5)6/h8-9,11H,7H2,1-6H3. The summed E-state index contributed by atoms with van der Waals surface area (Å²) in [5.74, 6) is 0. The van der Waals surface area contributed by atoms with Crippen LogP contribution in [0.2, 0.25) is 0 Å². The van der Waals surface area contributed by atoms with Crippen LogP contribution in [-0.2, 0) is 10.0 Å². The van der Waals surface area contributed by atoms with E-state index in [2.05, 4.69) is 4.72 Å². The van der Waals surface area contributed by atoms with Crippen molar-refractivity contribution in [3.05, 3.63) is 0 Å². The van der Waals surface area contributed by atoms with E-state index in [1.165, 1.54) is 0 Å². The fourth-order valence-electron chi connectivity index (χ4n) is 0.931. The molecule has 0 aromatic carbocycles. The summed E-state index contributed by atoms with van der Waals surface area (Å²) in [6.45, 7) is 11.4. The van der Waals surface area contributed by atoms with Gasteiger partial charge in [-0.15, -0.1) is 0 Å². The van der Waals surface area contributed by atoms with Crippen LogP contribution < -0.4 is 4.72 Å². The Morgan fingerprint density at radius 3 is 1.93 bits per heavy atom. The predicted molar refractivity (Wildman–Crippen MR) is 60.7 cm³/mol. The van der Waals surface area contributed by atoms with E-state index >= 15 is 0 Å². The molecule has 2 unspecified atom stereocenters. The third-order valence-electron chi connectivity index (χ3n) is 2.66. The topological polar surface area (TPSA) is 46.2 Å². The Kier molecular flexibility index (Phi) is 4.59. The summed E-state index contributed by atoms with van der Waals surface area (Å²) in [7, 11) is -3.18. The van der Waals surface area contributed by atoms with Gasteiger partial charge in [-0.3, -0.25) is 0 Å². The molecule has 0 saturated carbocycles. The molecule has 0 aliphatic rings. The molecule has 14 heavy (non-hydrogen) atoms. The maximum atomic E-state index is 11.8. The molecule has 0 saturated heterocycles. The highest BCUT2D eigenvalue weighted by Gasteiger charge is 2.32. The van der Waals surface area contributed by atoms with Crippen LogP contribution in [-0.4, -0.2) is 19.7 Å². The van der Waals surface area contributed by atoms with Crippen molar-refractivity contribution in [3.63, 3.8) is 0 Å². The first-order valence-corrected chi connectivity index (χ1v) is 6.67. The van der Waals surface area contributed by atoms with Gasteiger partial charge in [0.15, 0.2) is 0 Å². The van der Waals surface area contributed by atoms with Gasteiger partial charge in [-0.05, 0) is 25.7 Å². The predicted octanol–water partition coefficient (Wildman–Crippen LogP) is 2.14. The van der Waals surface area contributed by atoms with E-state index in [9.17, 15) is 8.42 Å². The molecular weight excluding hydrogens is 198 g/mol. The van der Waals surface area contributed by atoms with E-state index < -0.39 is 10.0 Å². The van der Waals surface area contributed by atoms with Gasteiger partial charge in [0.05, 0.1) is 5.25 Å². The molecule has 4 heteroatoms. The second kappa shape index (κ2) is 4.62. The lowest BCUT2D eigenvalue weighted by Gasteiger charge is -2.28. The highest BCUT2D eigenvalue weighted by Crippen LogP contribution is 2.24. The quantitative estimate of drug-likeness (QED) is 0.790. The summed E-state index contributed by atoms with van der Waals surface area (Å²) in [5.41, 5.74) is -0.223. The highest BCUT2D eigenvalue weighted by atomic mass is 32.2. The summed E-state index contributed by atoms with van der Waals surface area (Å²) < 4.78 is 26.4. The SMILES string of the molecule is CCC(C)NS(=O)(=O)C(C)C(C)(C)C. The first-order valence-electron chi connectivity index (χ1n) is 5.12. The maximum absolute atomic E-state index is 11.8. The molecule has 0 fully saturated rings. The van der Waals surface area contributed by atoms with Crippen LogP contribution in [0.3, 0.4) is 0 Å². The van der Waals surface area contributed by atoms with Crippen LogP contribution in [0.25, 0.3) is 0 Å². The van der Waals surface area contributed by atoms with Gasteiger partial charge >= 0.3 is 0 Å². The van der Waals surface area contributed by atoms with Gasteiger partial charge in [-0.25, -0.2) is 13.1 Å². The van der Waals surface area contributed by atoms with Gasteiger partial charge in [0.1, 0.15) is 0 Å². The van der Waals surface area contributed by atoms with Crippen molar-refractivity contribution in [2.45, 2.75) is 59.3 Å². The monoisotopic (exact) mass is 221 g/mol. The number of nitrogens with one attached hydrogen (secondary N) is 1. The van der Waals surface area contributed by atoms with Gasteiger partial charge in [-0.1, -0.05) is 27.7 Å².